The molecule has 3 heteroatoms. The van der Waals surface area contributed by atoms with Crippen LogP contribution in [0, 0.1) is 11.3 Å². The Bertz CT molecular complexity index is 343. The second-order valence-corrected chi connectivity index (χ2v) is 7.11. The molecule has 0 atom stereocenters. The molecule has 0 aromatic heterocycles. The summed E-state index contributed by atoms with van der Waals surface area (Å²) in [6.07, 6.45) is 2.33. The highest BCUT2D eigenvalue weighted by Crippen LogP contribution is 2.36. The molecule has 0 amide bonds. The third-order valence-corrected chi connectivity index (χ3v) is 6.08. The van der Waals surface area contributed by atoms with E-state index in [1.165, 1.54) is 16.5 Å². The minimum Gasteiger partial charge on any atom is -0.0922 e. The minimum absolute atomic E-state index is 0.304. The van der Waals surface area contributed by atoms with Gasteiger partial charge in [0.15, 0.2) is 0 Å². The molecule has 1 rings (SSSR count). The van der Waals surface area contributed by atoms with Gasteiger partial charge < -0.3 is 0 Å². The average molecular weight is 427 g/mol. The lowest BCUT2D eigenvalue weighted by atomic mass is 9.79. The SMILES string of the molecule is CC(C)CC(CBr)(CBr)Cc1ccccc1Br. The van der Waals surface area contributed by atoms with Crippen LogP contribution in [0.25, 0.3) is 0 Å². The van der Waals surface area contributed by atoms with E-state index in [9.17, 15) is 0 Å². The summed E-state index contributed by atoms with van der Waals surface area (Å²) < 4.78 is 1.22. The van der Waals surface area contributed by atoms with Crippen LogP contribution in [0.1, 0.15) is 25.8 Å². The summed E-state index contributed by atoms with van der Waals surface area (Å²) in [5.41, 5.74) is 1.70. The molecule has 0 fully saturated rings. The highest BCUT2D eigenvalue weighted by atomic mass is 79.9. The Morgan fingerprint density at radius 3 is 2.18 bits per heavy atom. The van der Waals surface area contributed by atoms with Crippen molar-refractivity contribution in [1.29, 1.82) is 0 Å². The predicted molar refractivity (Wildman–Crippen MR) is 87.3 cm³/mol. The quantitative estimate of drug-likeness (QED) is 0.503. The van der Waals surface area contributed by atoms with Gasteiger partial charge in [0.1, 0.15) is 0 Å². The largest absolute Gasteiger partial charge is 0.0922 e. The van der Waals surface area contributed by atoms with Crippen LogP contribution in [0.5, 0.6) is 0 Å². The Labute approximate surface area is 130 Å². The molecule has 0 aliphatic carbocycles. The van der Waals surface area contributed by atoms with Crippen molar-refractivity contribution in [3.63, 3.8) is 0 Å². The van der Waals surface area contributed by atoms with Gasteiger partial charge in [-0.15, -0.1) is 0 Å². The van der Waals surface area contributed by atoms with E-state index >= 15 is 0 Å². The molecule has 0 saturated carbocycles. The Morgan fingerprint density at radius 1 is 1.12 bits per heavy atom. The van der Waals surface area contributed by atoms with Crippen molar-refractivity contribution in [2.45, 2.75) is 26.7 Å². The first-order valence-corrected chi connectivity index (χ1v) is 8.92. The summed E-state index contributed by atoms with van der Waals surface area (Å²) in [5.74, 6) is 0.715. The number of hydrogen-bond acceptors (Lipinski definition) is 0. The molecule has 17 heavy (non-hydrogen) atoms. The van der Waals surface area contributed by atoms with Crippen LogP contribution in [-0.2, 0) is 6.42 Å². The van der Waals surface area contributed by atoms with Crippen LogP contribution in [0.4, 0.5) is 0 Å². The van der Waals surface area contributed by atoms with Crippen molar-refractivity contribution < 1.29 is 0 Å². The first-order chi connectivity index (χ1) is 8.03. The maximum absolute atomic E-state index is 3.70. The molecule has 0 radical (unpaired) electrons. The van der Waals surface area contributed by atoms with Gasteiger partial charge in [-0.1, -0.05) is 79.8 Å². The van der Waals surface area contributed by atoms with Gasteiger partial charge in [0, 0.05) is 15.1 Å². The molecule has 0 N–H and O–H groups in total. The zero-order valence-electron chi connectivity index (χ0n) is 10.3. The first kappa shape index (κ1) is 15.7. The van der Waals surface area contributed by atoms with Gasteiger partial charge in [0.2, 0.25) is 0 Å². The predicted octanol–water partition coefficient (Wildman–Crippen LogP) is 5.81. The van der Waals surface area contributed by atoms with Crippen molar-refractivity contribution in [2.24, 2.45) is 11.3 Å². The fraction of sp³-hybridized carbons (Fsp3) is 0.571. The van der Waals surface area contributed by atoms with E-state index in [1.54, 1.807) is 0 Å². The highest BCUT2D eigenvalue weighted by molar-refractivity contribution is 9.10. The minimum atomic E-state index is 0.304. The monoisotopic (exact) mass is 424 g/mol. The fourth-order valence-electron chi connectivity index (χ4n) is 2.22. The van der Waals surface area contributed by atoms with Gasteiger partial charge in [-0.05, 0) is 35.8 Å². The molecular weight excluding hydrogens is 408 g/mol. The van der Waals surface area contributed by atoms with Crippen molar-refractivity contribution in [3.05, 3.63) is 34.3 Å². The third kappa shape index (κ3) is 4.68. The smallest absolute Gasteiger partial charge is 0.0207 e. The van der Waals surface area contributed by atoms with Crippen LogP contribution in [0.3, 0.4) is 0 Å². The summed E-state index contributed by atoms with van der Waals surface area (Å²) in [6.45, 7) is 4.58. The zero-order chi connectivity index (χ0) is 12.9. The molecule has 1 aromatic carbocycles. The van der Waals surface area contributed by atoms with Crippen molar-refractivity contribution in [1.82, 2.24) is 0 Å². The molecule has 0 nitrogen and oxygen atoms in total. The fourth-order valence-corrected chi connectivity index (χ4v) is 4.43. The van der Waals surface area contributed by atoms with Crippen molar-refractivity contribution in [2.75, 3.05) is 10.7 Å². The molecular formula is C14H19Br3. The van der Waals surface area contributed by atoms with E-state index in [0.29, 0.717) is 11.3 Å². The molecule has 0 heterocycles. The maximum Gasteiger partial charge on any atom is 0.0207 e. The van der Waals surface area contributed by atoms with E-state index in [-0.39, 0.29) is 0 Å². The van der Waals surface area contributed by atoms with Gasteiger partial charge in [-0.2, -0.15) is 0 Å². The molecule has 0 spiro atoms. The number of benzene rings is 1. The number of rotatable bonds is 6. The Hall–Kier alpha value is 0.660. The number of halogens is 3. The highest BCUT2D eigenvalue weighted by Gasteiger charge is 2.29. The number of hydrogen-bond donors (Lipinski definition) is 0. The second kappa shape index (κ2) is 7.30. The second-order valence-electron chi connectivity index (χ2n) is 5.13. The molecule has 0 aliphatic rings. The van der Waals surface area contributed by atoms with Crippen molar-refractivity contribution >= 4 is 47.8 Å². The molecule has 0 bridgehead atoms. The topological polar surface area (TPSA) is 0 Å². The maximum atomic E-state index is 3.70. The number of alkyl halides is 2. The van der Waals surface area contributed by atoms with Crippen LogP contribution in [-0.4, -0.2) is 10.7 Å². The Balaban J connectivity index is 2.90. The normalized spacial score (nSPS) is 12.1. The lowest BCUT2D eigenvalue weighted by molar-refractivity contribution is 0.304. The lowest BCUT2D eigenvalue weighted by Crippen LogP contribution is -2.29. The van der Waals surface area contributed by atoms with Gasteiger partial charge in [0.25, 0.3) is 0 Å². The van der Waals surface area contributed by atoms with Crippen molar-refractivity contribution in [3.8, 4) is 0 Å². The first-order valence-electron chi connectivity index (χ1n) is 5.88. The van der Waals surface area contributed by atoms with Crippen LogP contribution in [0.2, 0.25) is 0 Å². The van der Waals surface area contributed by atoms with E-state index in [2.05, 4.69) is 85.9 Å². The van der Waals surface area contributed by atoms with E-state index in [4.69, 9.17) is 0 Å². The lowest BCUT2D eigenvalue weighted by Gasteiger charge is -2.32. The zero-order valence-corrected chi connectivity index (χ0v) is 15.1. The van der Waals surface area contributed by atoms with Gasteiger partial charge in [-0.3, -0.25) is 0 Å². The standard InChI is InChI=1S/C14H19Br3/c1-11(2)7-14(9-15,10-16)8-12-5-3-4-6-13(12)17/h3-6,11H,7-10H2,1-2H3. The average Bonchev–Trinajstić information content (AvgIpc) is 2.30. The van der Waals surface area contributed by atoms with E-state index in [1.807, 2.05) is 0 Å². The van der Waals surface area contributed by atoms with Gasteiger partial charge in [0.05, 0.1) is 0 Å². The molecule has 96 valence electrons. The van der Waals surface area contributed by atoms with Gasteiger partial charge in [-0.25, -0.2) is 0 Å². The summed E-state index contributed by atoms with van der Waals surface area (Å²) >= 11 is 11.0. The molecule has 0 unspecified atom stereocenters. The third-order valence-electron chi connectivity index (χ3n) is 2.93. The van der Waals surface area contributed by atoms with Crippen LogP contribution in [0.15, 0.2) is 28.7 Å². The van der Waals surface area contributed by atoms with Crippen LogP contribution >= 0.6 is 47.8 Å². The van der Waals surface area contributed by atoms with E-state index < -0.39 is 0 Å². The van der Waals surface area contributed by atoms with Gasteiger partial charge >= 0.3 is 0 Å². The summed E-state index contributed by atoms with van der Waals surface area (Å²) in [4.78, 5) is 0. The summed E-state index contributed by atoms with van der Waals surface area (Å²) in [5, 5.41) is 2.07. The summed E-state index contributed by atoms with van der Waals surface area (Å²) in [6, 6.07) is 8.52. The summed E-state index contributed by atoms with van der Waals surface area (Å²) in [7, 11) is 0. The molecule has 0 saturated heterocycles. The Morgan fingerprint density at radius 2 is 1.71 bits per heavy atom. The van der Waals surface area contributed by atoms with E-state index in [0.717, 1.165) is 17.1 Å². The molecule has 1 aromatic rings. The van der Waals surface area contributed by atoms with Crippen LogP contribution < -0.4 is 0 Å². The molecule has 0 aliphatic heterocycles. The Kier molecular flexibility index (Phi) is 6.75.